The molecular formula is C17H14N2OS. The number of hydrogen-bond acceptors (Lipinski definition) is 3. The molecule has 1 aliphatic heterocycles. The van der Waals surface area contributed by atoms with Crippen molar-refractivity contribution < 1.29 is 4.79 Å². The van der Waals surface area contributed by atoms with Crippen molar-refractivity contribution in [1.82, 2.24) is 0 Å². The minimum absolute atomic E-state index is 0.0665. The monoisotopic (exact) mass is 294 g/mol. The summed E-state index contributed by atoms with van der Waals surface area (Å²) in [6.07, 6.45) is 0.892. The third-order valence-electron chi connectivity index (χ3n) is 3.96. The molecule has 0 aliphatic carbocycles. The second-order valence-electron chi connectivity index (χ2n) is 5.24. The van der Waals surface area contributed by atoms with Crippen molar-refractivity contribution in [3.05, 3.63) is 59.0 Å². The molecule has 3 aromatic rings. The van der Waals surface area contributed by atoms with Crippen LogP contribution in [0.2, 0.25) is 0 Å². The Morgan fingerprint density at radius 3 is 2.95 bits per heavy atom. The smallest absolute Gasteiger partial charge is 0.259 e. The van der Waals surface area contributed by atoms with Crippen molar-refractivity contribution in [3.8, 4) is 0 Å². The van der Waals surface area contributed by atoms with Crippen LogP contribution in [0.25, 0.3) is 10.1 Å². The van der Waals surface area contributed by atoms with Gasteiger partial charge in [-0.1, -0.05) is 24.3 Å². The van der Waals surface area contributed by atoms with E-state index >= 15 is 0 Å². The molecule has 21 heavy (non-hydrogen) atoms. The van der Waals surface area contributed by atoms with Crippen LogP contribution in [0.15, 0.2) is 47.8 Å². The normalized spacial score (nSPS) is 13.6. The van der Waals surface area contributed by atoms with Gasteiger partial charge in [0.1, 0.15) is 0 Å². The second-order valence-corrected chi connectivity index (χ2v) is 6.15. The van der Waals surface area contributed by atoms with Crippen molar-refractivity contribution in [2.45, 2.75) is 6.42 Å². The van der Waals surface area contributed by atoms with Gasteiger partial charge in [0.05, 0.1) is 5.56 Å². The van der Waals surface area contributed by atoms with Gasteiger partial charge < -0.3 is 10.6 Å². The van der Waals surface area contributed by atoms with Gasteiger partial charge in [-0.2, -0.15) is 0 Å². The van der Waals surface area contributed by atoms with Gasteiger partial charge in [-0.25, -0.2) is 0 Å². The SMILES string of the molecule is Nc1ccc2c(c1)N(C(=O)c1csc3ccccc13)CC2. The molecule has 0 spiro atoms. The maximum absolute atomic E-state index is 12.9. The third kappa shape index (κ3) is 1.91. The molecule has 1 aliphatic rings. The van der Waals surface area contributed by atoms with Crippen molar-refractivity contribution in [3.63, 3.8) is 0 Å². The molecule has 0 saturated heterocycles. The van der Waals surface area contributed by atoms with Gasteiger partial charge in [0.2, 0.25) is 0 Å². The van der Waals surface area contributed by atoms with E-state index in [1.165, 1.54) is 5.56 Å². The molecule has 2 heterocycles. The molecule has 0 bridgehead atoms. The number of hydrogen-bond donors (Lipinski definition) is 1. The minimum Gasteiger partial charge on any atom is -0.399 e. The number of nitrogens with two attached hydrogens (primary N) is 1. The van der Waals surface area contributed by atoms with Crippen molar-refractivity contribution >= 4 is 38.7 Å². The van der Waals surface area contributed by atoms with Crippen LogP contribution in [0.4, 0.5) is 11.4 Å². The van der Waals surface area contributed by atoms with Crippen LogP contribution in [-0.4, -0.2) is 12.5 Å². The molecule has 2 N–H and O–H groups in total. The average molecular weight is 294 g/mol. The maximum atomic E-state index is 12.9. The van der Waals surface area contributed by atoms with Gasteiger partial charge in [0, 0.05) is 33.4 Å². The minimum atomic E-state index is 0.0665. The average Bonchev–Trinajstić information content (AvgIpc) is 3.10. The Bertz CT molecular complexity index is 853. The first-order chi connectivity index (χ1) is 10.2. The molecule has 104 valence electrons. The topological polar surface area (TPSA) is 46.3 Å². The fourth-order valence-corrected chi connectivity index (χ4v) is 3.83. The molecule has 4 heteroatoms. The van der Waals surface area contributed by atoms with E-state index in [0.717, 1.165) is 34.3 Å². The molecule has 0 radical (unpaired) electrons. The summed E-state index contributed by atoms with van der Waals surface area (Å²) >= 11 is 1.61. The van der Waals surface area contributed by atoms with Gasteiger partial charge in [0.15, 0.2) is 0 Å². The Morgan fingerprint density at radius 2 is 2.05 bits per heavy atom. The van der Waals surface area contributed by atoms with Crippen molar-refractivity contribution in [1.29, 1.82) is 0 Å². The highest BCUT2D eigenvalue weighted by Crippen LogP contribution is 2.33. The summed E-state index contributed by atoms with van der Waals surface area (Å²) in [7, 11) is 0. The summed E-state index contributed by atoms with van der Waals surface area (Å²) in [5, 5.41) is 2.99. The molecule has 4 rings (SSSR count). The van der Waals surface area contributed by atoms with E-state index < -0.39 is 0 Å². The summed E-state index contributed by atoms with van der Waals surface area (Å²) in [6, 6.07) is 13.8. The molecule has 1 aromatic heterocycles. The Balaban J connectivity index is 1.79. The summed E-state index contributed by atoms with van der Waals surface area (Å²) in [6.45, 7) is 0.724. The van der Waals surface area contributed by atoms with Crippen molar-refractivity contribution in [2.24, 2.45) is 0 Å². The van der Waals surface area contributed by atoms with Crippen LogP contribution >= 0.6 is 11.3 Å². The zero-order valence-corrected chi connectivity index (χ0v) is 12.2. The van der Waals surface area contributed by atoms with Crippen LogP contribution in [0.5, 0.6) is 0 Å². The van der Waals surface area contributed by atoms with E-state index in [1.807, 2.05) is 52.7 Å². The highest BCUT2D eigenvalue weighted by Gasteiger charge is 2.27. The zero-order chi connectivity index (χ0) is 14.4. The lowest BCUT2D eigenvalue weighted by Gasteiger charge is -2.17. The lowest BCUT2D eigenvalue weighted by Crippen LogP contribution is -2.28. The number of nitrogen functional groups attached to an aromatic ring is 1. The molecule has 0 atom stereocenters. The molecular weight excluding hydrogens is 280 g/mol. The third-order valence-corrected chi connectivity index (χ3v) is 4.92. The number of carbonyl (C=O) groups excluding carboxylic acids is 1. The standard InChI is InChI=1S/C17H14N2OS/c18-12-6-5-11-7-8-19(15(11)9-12)17(20)14-10-21-16-4-2-1-3-13(14)16/h1-6,9-10H,7-8,18H2. The van der Waals surface area contributed by atoms with E-state index in [9.17, 15) is 4.79 Å². The van der Waals surface area contributed by atoms with Crippen molar-refractivity contribution in [2.75, 3.05) is 17.2 Å². The molecule has 0 saturated carbocycles. The number of amides is 1. The molecule has 3 nitrogen and oxygen atoms in total. The van der Waals surface area contributed by atoms with E-state index in [1.54, 1.807) is 11.3 Å². The number of thiophene rings is 1. The quantitative estimate of drug-likeness (QED) is 0.696. The van der Waals surface area contributed by atoms with Gasteiger partial charge in [-0.15, -0.1) is 11.3 Å². The molecule has 0 fully saturated rings. The molecule has 0 unspecified atom stereocenters. The highest BCUT2D eigenvalue weighted by molar-refractivity contribution is 7.17. The fraction of sp³-hybridized carbons (Fsp3) is 0.118. The molecule has 1 amide bonds. The number of carbonyl (C=O) groups is 1. The Kier molecular flexibility index (Phi) is 2.72. The Labute approximate surface area is 126 Å². The van der Waals surface area contributed by atoms with Crippen LogP contribution < -0.4 is 10.6 Å². The Hall–Kier alpha value is -2.33. The van der Waals surface area contributed by atoms with Gasteiger partial charge in [-0.3, -0.25) is 4.79 Å². The van der Waals surface area contributed by atoms with Crippen LogP contribution in [0.1, 0.15) is 15.9 Å². The first-order valence-corrected chi connectivity index (χ1v) is 7.78. The predicted molar refractivity (Wildman–Crippen MR) is 88.1 cm³/mol. The maximum Gasteiger partial charge on any atom is 0.259 e. The first-order valence-electron chi connectivity index (χ1n) is 6.90. The summed E-state index contributed by atoms with van der Waals surface area (Å²) < 4.78 is 1.15. The summed E-state index contributed by atoms with van der Waals surface area (Å²) in [4.78, 5) is 14.7. The Morgan fingerprint density at radius 1 is 1.19 bits per heavy atom. The summed E-state index contributed by atoms with van der Waals surface area (Å²) in [5.74, 6) is 0.0665. The number of benzene rings is 2. The predicted octanol–water partition coefficient (Wildman–Crippen LogP) is 3.69. The van der Waals surface area contributed by atoms with Crippen LogP contribution in [-0.2, 0) is 6.42 Å². The van der Waals surface area contributed by atoms with E-state index in [0.29, 0.717) is 5.69 Å². The first kappa shape index (κ1) is 12.4. The van der Waals surface area contributed by atoms with Gasteiger partial charge >= 0.3 is 0 Å². The summed E-state index contributed by atoms with van der Waals surface area (Å²) in [5.41, 5.74) is 9.49. The fourth-order valence-electron chi connectivity index (χ4n) is 2.90. The second kappa shape index (κ2) is 4.60. The zero-order valence-electron chi connectivity index (χ0n) is 11.4. The van der Waals surface area contributed by atoms with Crippen LogP contribution in [0.3, 0.4) is 0 Å². The lowest BCUT2D eigenvalue weighted by atomic mass is 10.1. The number of anilines is 2. The van der Waals surface area contributed by atoms with Gasteiger partial charge in [0.25, 0.3) is 5.91 Å². The van der Waals surface area contributed by atoms with Gasteiger partial charge in [-0.05, 0) is 30.2 Å². The molecule has 2 aromatic carbocycles. The number of fused-ring (bicyclic) bond motifs is 2. The van der Waals surface area contributed by atoms with Crippen LogP contribution in [0, 0.1) is 0 Å². The lowest BCUT2D eigenvalue weighted by molar-refractivity contribution is 0.0991. The number of nitrogens with zero attached hydrogens (tertiary/aromatic N) is 1. The van der Waals surface area contributed by atoms with E-state index in [2.05, 4.69) is 0 Å². The number of rotatable bonds is 1. The van der Waals surface area contributed by atoms with E-state index in [-0.39, 0.29) is 5.91 Å². The largest absolute Gasteiger partial charge is 0.399 e. The highest BCUT2D eigenvalue weighted by atomic mass is 32.1. The van der Waals surface area contributed by atoms with E-state index in [4.69, 9.17) is 5.73 Å².